The highest BCUT2D eigenvalue weighted by atomic mass is 35.5. The van der Waals surface area contributed by atoms with E-state index in [0.29, 0.717) is 41.6 Å². The number of rotatable bonds is 5. The van der Waals surface area contributed by atoms with Crippen LogP contribution in [0.3, 0.4) is 0 Å². The fourth-order valence-electron chi connectivity index (χ4n) is 5.41. The first-order valence-corrected chi connectivity index (χ1v) is 13.3. The van der Waals surface area contributed by atoms with Crippen molar-refractivity contribution in [3.63, 3.8) is 0 Å². The van der Waals surface area contributed by atoms with Crippen LogP contribution in [-0.4, -0.2) is 54.5 Å². The fraction of sp³-hybridized carbons (Fsp3) is 0.636. The summed E-state index contributed by atoms with van der Waals surface area (Å²) in [7, 11) is -3.38. The molecule has 3 aliphatic carbocycles. The number of nitrogens with zero attached hydrogens (tertiary/aromatic N) is 3. The number of aliphatic hydroxyl groups excluding tert-OH is 1. The molecule has 9 heteroatoms. The summed E-state index contributed by atoms with van der Waals surface area (Å²) >= 11 is 6.29. The monoisotopic (exact) mass is 462 g/mol. The minimum absolute atomic E-state index is 0.0255. The Hall–Kier alpha value is -1.64. The molecule has 2 aliphatic heterocycles. The van der Waals surface area contributed by atoms with Gasteiger partial charge in [0.05, 0.1) is 23.6 Å². The molecular formula is C22H27ClN4O3S. The maximum Gasteiger partial charge on any atom is 0.227 e. The van der Waals surface area contributed by atoms with Gasteiger partial charge in [-0.2, -0.15) is 4.98 Å². The highest BCUT2D eigenvalue weighted by Gasteiger charge is 2.46. The second-order valence-electron chi connectivity index (χ2n) is 9.71. The standard InChI is InChI=1S/C22H27ClN4O3S/c23-17-2-1-14(15-11-16(15)17)13-3-8-27(9-4-13)21-24-18-5-10-31(29,30)19(18)20(25-21)26-22(12-28)6-7-22/h1-2,13,15-16,28H,3-12H2,(H,24,25,26). The summed E-state index contributed by atoms with van der Waals surface area (Å²) < 4.78 is 25.2. The van der Waals surface area contributed by atoms with Crippen molar-refractivity contribution >= 4 is 33.2 Å². The molecule has 7 nitrogen and oxygen atoms in total. The van der Waals surface area contributed by atoms with Crippen LogP contribution in [0.1, 0.15) is 37.8 Å². The maximum atomic E-state index is 12.6. The van der Waals surface area contributed by atoms with Gasteiger partial charge in [-0.3, -0.25) is 0 Å². The minimum atomic E-state index is -3.38. The van der Waals surface area contributed by atoms with Gasteiger partial charge < -0.3 is 15.3 Å². The number of nitrogens with one attached hydrogen (secondary N) is 1. The van der Waals surface area contributed by atoms with Crippen molar-refractivity contribution in [2.75, 3.05) is 35.7 Å². The Labute approximate surface area is 187 Å². The van der Waals surface area contributed by atoms with Crippen molar-refractivity contribution in [2.45, 2.75) is 49.0 Å². The number of aromatic nitrogens is 2. The topological polar surface area (TPSA) is 95.4 Å². The molecular weight excluding hydrogens is 436 g/mol. The SMILES string of the molecule is O=S1(=O)CCc2nc(N3CCC(C4=CC=C(Cl)C5CC45)CC3)nc(NC3(CO)CC3)c21. The number of hydrogen-bond donors (Lipinski definition) is 2. The summed E-state index contributed by atoms with van der Waals surface area (Å²) in [5.41, 5.74) is 1.73. The van der Waals surface area contributed by atoms with E-state index in [1.54, 1.807) is 5.57 Å². The third kappa shape index (κ3) is 3.38. The first kappa shape index (κ1) is 20.0. The van der Waals surface area contributed by atoms with Gasteiger partial charge in [-0.05, 0) is 50.0 Å². The lowest BCUT2D eigenvalue weighted by atomic mass is 9.84. The van der Waals surface area contributed by atoms with Crippen molar-refractivity contribution in [1.82, 2.24) is 9.97 Å². The van der Waals surface area contributed by atoms with Gasteiger partial charge in [-0.1, -0.05) is 23.3 Å². The largest absolute Gasteiger partial charge is 0.394 e. The Kier molecular flexibility index (Phi) is 4.47. The second-order valence-corrected chi connectivity index (χ2v) is 12.2. The van der Waals surface area contributed by atoms with Crippen LogP contribution in [0.5, 0.6) is 0 Å². The number of allylic oxidation sites excluding steroid dienone is 4. The van der Waals surface area contributed by atoms with Crippen LogP contribution in [0, 0.1) is 17.8 Å². The molecule has 5 aliphatic rings. The molecule has 6 rings (SSSR count). The summed E-state index contributed by atoms with van der Waals surface area (Å²) in [6.45, 7) is 1.68. The van der Waals surface area contributed by atoms with Gasteiger partial charge in [-0.25, -0.2) is 13.4 Å². The summed E-state index contributed by atoms with van der Waals surface area (Å²) in [5, 5.41) is 14.0. The lowest BCUT2D eigenvalue weighted by Crippen LogP contribution is -2.36. The van der Waals surface area contributed by atoms with E-state index in [-0.39, 0.29) is 17.3 Å². The predicted octanol–water partition coefficient (Wildman–Crippen LogP) is 2.66. The molecule has 1 saturated heterocycles. The van der Waals surface area contributed by atoms with Gasteiger partial charge in [0.1, 0.15) is 4.90 Å². The molecule has 0 spiro atoms. The van der Waals surface area contributed by atoms with Crippen molar-refractivity contribution in [3.05, 3.63) is 28.5 Å². The third-order valence-corrected chi connectivity index (χ3v) is 9.84. The van der Waals surface area contributed by atoms with Crippen molar-refractivity contribution in [2.24, 2.45) is 17.8 Å². The molecule has 31 heavy (non-hydrogen) atoms. The molecule has 2 atom stereocenters. The Balaban J connectivity index is 1.24. The lowest BCUT2D eigenvalue weighted by molar-refractivity contribution is 0.265. The molecule has 0 bridgehead atoms. The molecule has 2 saturated carbocycles. The van der Waals surface area contributed by atoms with Gasteiger partial charge in [0.2, 0.25) is 5.95 Å². The average Bonchev–Trinajstić information content (AvgIpc) is 3.68. The van der Waals surface area contributed by atoms with E-state index in [2.05, 4.69) is 32.3 Å². The zero-order valence-corrected chi connectivity index (χ0v) is 18.9. The summed E-state index contributed by atoms with van der Waals surface area (Å²) in [6, 6.07) is 0. The molecule has 2 N–H and O–H groups in total. The normalized spacial score (nSPS) is 30.2. The molecule has 0 amide bonds. The second kappa shape index (κ2) is 6.93. The van der Waals surface area contributed by atoms with Crippen LogP contribution in [-0.2, 0) is 16.3 Å². The Morgan fingerprint density at radius 3 is 2.68 bits per heavy atom. The zero-order chi connectivity index (χ0) is 21.4. The summed E-state index contributed by atoms with van der Waals surface area (Å²) in [4.78, 5) is 11.8. The van der Waals surface area contributed by atoms with Crippen molar-refractivity contribution in [3.8, 4) is 0 Å². The summed E-state index contributed by atoms with van der Waals surface area (Å²) in [6.07, 6.45) is 9.65. The van der Waals surface area contributed by atoms with E-state index in [4.69, 9.17) is 11.6 Å². The quantitative estimate of drug-likeness (QED) is 0.694. The van der Waals surface area contributed by atoms with Gasteiger partial charge in [0.15, 0.2) is 15.7 Å². The number of anilines is 2. The number of aliphatic hydroxyl groups is 1. The molecule has 3 heterocycles. The molecule has 0 radical (unpaired) electrons. The maximum absolute atomic E-state index is 12.6. The van der Waals surface area contributed by atoms with E-state index < -0.39 is 15.4 Å². The Morgan fingerprint density at radius 2 is 1.97 bits per heavy atom. The van der Waals surface area contributed by atoms with E-state index >= 15 is 0 Å². The number of hydrogen-bond acceptors (Lipinski definition) is 7. The molecule has 166 valence electrons. The van der Waals surface area contributed by atoms with E-state index in [1.165, 1.54) is 6.42 Å². The first-order valence-electron chi connectivity index (χ1n) is 11.2. The Morgan fingerprint density at radius 1 is 1.19 bits per heavy atom. The van der Waals surface area contributed by atoms with E-state index in [0.717, 1.165) is 43.8 Å². The molecule has 0 aromatic carbocycles. The molecule has 2 unspecified atom stereocenters. The van der Waals surface area contributed by atoms with Crippen LogP contribution in [0.4, 0.5) is 11.8 Å². The van der Waals surface area contributed by atoms with E-state index in [9.17, 15) is 13.5 Å². The number of halogens is 1. The van der Waals surface area contributed by atoms with Gasteiger partial charge in [0.25, 0.3) is 0 Å². The Bertz CT molecular complexity index is 1100. The zero-order valence-electron chi connectivity index (χ0n) is 17.3. The van der Waals surface area contributed by atoms with Crippen molar-refractivity contribution < 1.29 is 13.5 Å². The van der Waals surface area contributed by atoms with Crippen molar-refractivity contribution in [1.29, 1.82) is 0 Å². The van der Waals surface area contributed by atoms with Gasteiger partial charge in [-0.15, -0.1) is 0 Å². The third-order valence-electron chi connectivity index (χ3n) is 7.64. The fourth-order valence-corrected chi connectivity index (χ4v) is 7.28. The highest BCUT2D eigenvalue weighted by molar-refractivity contribution is 7.91. The van der Waals surface area contributed by atoms with Gasteiger partial charge in [0, 0.05) is 30.5 Å². The number of sulfone groups is 1. The molecule has 3 fully saturated rings. The summed E-state index contributed by atoms with van der Waals surface area (Å²) in [5.74, 6) is 2.83. The van der Waals surface area contributed by atoms with Gasteiger partial charge >= 0.3 is 0 Å². The smallest absolute Gasteiger partial charge is 0.227 e. The highest BCUT2D eigenvalue weighted by Crippen LogP contribution is 2.55. The van der Waals surface area contributed by atoms with Crippen LogP contribution in [0.15, 0.2) is 27.7 Å². The first-order chi connectivity index (χ1) is 14.9. The van der Waals surface area contributed by atoms with Crippen LogP contribution < -0.4 is 10.2 Å². The lowest BCUT2D eigenvalue weighted by Gasteiger charge is -2.34. The predicted molar refractivity (Wildman–Crippen MR) is 119 cm³/mol. The number of fused-ring (bicyclic) bond motifs is 2. The molecule has 1 aromatic rings. The molecule has 1 aromatic heterocycles. The van der Waals surface area contributed by atoms with Crippen LogP contribution >= 0.6 is 11.6 Å². The number of piperidine rings is 1. The van der Waals surface area contributed by atoms with Crippen LogP contribution in [0.2, 0.25) is 0 Å². The minimum Gasteiger partial charge on any atom is -0.394 e. The van der Waals surface area contributed by atoms with Crippen LogP contribution in [0.25, 0.3) is 0 Å². The number of aryl methyl sites for hydroxylation is 1. The van der Waals surface area contributed by atoms with E-state index in [1.807, 2.05) is 0 Å². The average molecular weight is 463 g/mol.